The Hall–Kier alpha value is -11.4. The van der Waals surface area contributed by atoms with Crippen LogP contribution in [0.4, 0.5) is 18.9 Å². The van der Waals surface area contributed by atoms with Crippen LogP contribution >= 0.6 is 0 Å². The van der Waals surface area contributed by atoms with Gasteiger partial charge in [0.05, 0.1) is 57.2 Å². The predicted molar refractivity (Wildman–Crippen MR) is 316 cm³/mol. The van der Waals surface area contributed by atoms with Crippen LogP contribution < -0.4 is 0 Å². The summed E-state index contributed by atoms with van der Waals surface area (Å²) in [7, 11) is 0. The van der Waals surface area contributed by atoms with Crippen molar-refractivity contribution in [2.45, 2.75) is 6.18 Å². The van der Waals surface area contributed by atoms with Gasteiger partial charge in [-0.25, -0.2) is 34.7 Å². The molecule has 0 saturated carbocycles. The Bertz CT molecular complexity index is 4810. The van der Waals surface area contributed by atoms with Gasteiger partial charge in [-0.3, -0.25) is 0 Å². The van der Waals surface area contributed by atoms with Crippen molar-refractivity contribution in [3.8, 4) is 96.9 Å². The molecule has 0 aliphatic rings. The van der Waals surface area contributed by atoms with E-state index >= 15 is 0 Å². The monoisotopic (exact) mass is 1060 g/mol. The largest absolute Gasteiger partial charge is 0.416 e. The standard InChI is InChI=1S/C69H39F3N10/c1-74-56-40-62(82-58-29-17-15-27-52(58)54-34-31-47(38-60(54)82)68-79-65(44-22-10-4-11-23-44)76-66(80-68)45-24-12-5-13-25-45)61(39-55(56)50-35-32-49(69(70,71)72)36-48(50)41-73)81-57-28-16-14-26-51(57)53-33-30-46(37-59(53)81)67-77-63(42-18-6-2-7-19-42)75-64(78-67)43-20-8-3-9-21-43/h2-40H. The minimum atomic E-state index is -4.71. The second-order valence-electron chi connectivity index (χ2n) is 19.6. The first-order valence-corrected chi connectivity index (χ1v) is 26.2. The lowest BCUT2D eigenvalue weighted by atomic mass is 9.95. The first-order valence-electron chi connectivity index (χ1n) is 26.2. The van der Waals surface area contributed by atoms with E-state index in [1.807, 2.05) is 206 Å². The molecule has 14 aromatic rings. The first-order chi connectivity index (χ1) is 40.2. The molecule has 0 spiro atoms. The lowest BCUT2D eigenvalue weighted by Crippen LogP contribution is -2.06. The summed E-state index contributed by atoms with van der Waals surface area (Å²) in [6, 6.07) is 75.9. The molecule has 82 heavy (non-hydrogen) atoms. The Morgan fingerprint density at radius 1 is 0.366 bits per heavy atom. The molecule has 0 fully saturated rings. The summed E-state index contributed by atoms with van der Waals surface area (Å²) in [5.74, 6) is 2.85. The SMILES string of the molecule is [C-]#[N+]c1cc(-n2c3ccccc3c3ccc(-c4nc(-c5ccccc5)nc(-c5ccccc5)n4)cc32)c(-n2c3ccccc3c3ccc(-c4nc(-c5ccccc5)nc(-c5ccccc5)n4)cc32)cc1-c1ccc(C(F)(F)F)cc1C#N. The molecule has 0 aliphatic heterocycles. The van der Waals surface area contributed by atoms with Crippen LogP contribution in [0.5, 0.6) is 0 Å². The summed E-state index contributed by atoms with van der Waals surface area (Å²) >= 11 is 0. The highest BCUT2D eigenvalue weighted by molar-refractivity contribution is 6.13. The molecule has 386 valence electrons. The topological polar surface area (TPSA) is 115 Å². The number of aromatic nitrogens is 8. The van der Waals surface area contributed by atoms with Crippen molar-refractivity contribution in [2.24, 2.45) is 0 Å². The van der Waals surface area contributed by atoms with E-state index in [9.17, 15) is 18.4 Å². The molecule has 10 nitrogen and oxygen atoms in total. The lowest BCUT2D eigenvalue weighted by Gasteiger charge is -2.20. The van der Waals surface area contributed by atoms with Crippen LogP contribution in [0.2, 0.25) is 0 Å². The maximum atomic E-state index is 14.3. The van der Waals surface area contributed by atoms with E-state index in [1.54, 1.807) is 6.07 Å². The summed E-state index contributed by atoms with van der Waals surface area (Å²) in [4.78, 5) is 34.3. The van der Waals surface area contributed by atoms with Crippen molar-refractivity contribution in [3.05, 3.63) is 259 Å². The van der Waals surface area contributed by atoms with Crippen LogP contribution in [0, 0.1) is 17.9 Å². The molecule has 0 unspecified atom stereocenters. The normalized spacial score (nSPS) is 11.6. The highest BCUT2D eigenvalue weighted by atomic mass is 19.4. The number of fused-ring (bicyclic) bond motifs is 6. The van der Waals surface area contributed by atoms with E-state index < -0.39 is 11.7 Å². The molecular formula is C69H39F3N10. The molecule has 0 radical (unpaired) electrons. The van der Waals surface area contributed by atoms with Crippen LogP contribution in [0.1, 0.15) is 11.1 Å². The van der Waals surface area contributed by atoms with Gasteiger partial charge < -0.3 is 9.13 Å². The van der Waals surface area contributed by atoms with Crippen LogP contribution in [0.25, 0.3) is 139 Å². The van der Waals surface area contributed by atoms with Crippen molar-refractivity contribution < 1.29 is 13.2 Å². The Labute approximate surface area is 466 Å². The minimum Gasteiger partial charge on any atom is -0.308 e. The number of hydrogen-bond donors (Lipinski definition) is 0. The molecule has 0 bridgehead atoms. The summed E-state index contributed by atoms with van der Waals surface area (Å²) in [6.07, 6.45) is -4.71. The first kappa shape index (κ1) is 48.9. The summed E-state index contributed by atoms with van der Waals surface area (Å²) in [5.41, 5.74) is 8.24. The van der Waals surface area contributed by atoms with E-state index in [-0.39, 0.29) is 22.4 Å². The molecule has 0 N–H and O–H groups in total. The molecule has 14 rings (SSSR count). The molecule has 0 atom stereocenters. The number of benzene rings is 10. The van der Waals surface area contributed by atoms with Gasteiger partial charge in [0, 0.05) is 54.9 Å². The number of alkyl halides is 3. The van der Waals surface area contributed by atoms with E-state index in [1.165, 1.54) is 6.07 Å². The third-order valence-electron chi connectivity index (χ3n) is 14.7. The summed E-state index contributed by atoms with van der Waals surface area (Å²) < 4.78 is 47.2. The van der Waals surface area contributed by atoms with Crippen LogP contribution in [0.3, 0.4) is 0 Å². The fourth-order valence-electron chi connectivity index (χ4n) is 10.9. The van der Waals surface area contributed by atoms with Gasteiger partial charge in [-0.05, 0) is 59.7 Å². The van der Waals surface area contributed by atoms with Gasteiger partial charge in [0.2, 0.25) is 0 Å². The van der Waals surface area contributed by atoms with E-state index in [4.69, 9.17) is 36.5 Å². The lowest BCUT2D eigenvalue weighted by molar-refractivity contribution is -0.137. The van der Waals surface area contributed by atoms with Crippen molar-refractivity contribution in [3.63, 3.8) is 0 Å². The van der Waals surface area contributed by atoms with Crippen molar-refractivity contribution >= 4 is 49.3 Å². The molecule has 4 aromatic heterocycles. The second-order valence-corrected chi connectivity index (χ2v) is 19.6. The number of hydrogen-bond acceptors (Lipinski definition) is 7. The van der Waals surface area contributed by atoms with E-state index in [2.05, 4.69) is 26.1 Å². The highest BCUT2D eigenvalue weighted by Crippen LogP contribution is 2.46. The third-order valence-corrected chi connectivity index (χ3v) is 14.7. The van der Waals surface area contributed by atoms with Gasteiger partial charge in [-0.15, -0.1) is 0 Å². The number of halogens is 3. The molecule has 13 heteroatoms. The zero-order valence-electron chi connectivity index (χ0n) is 43.1. The molecular weight excluding hydrogens is 1030 g/mol. The van der Waals surface area contributed by atoms with Crippen molar-refractivity contribution in [2.75, 3.05) is 0 Å². The fourth-order valence-corrected chi connectivity index (χ4v) is 10.9. The Balaban J connectivity index is 1.07. The Morgan fingerprint density at radius 3 is 1.12 bits per heavy atom. The quantitative estimate of drug-likeness (QED) is 0.132. The summed E-state index contributed by atoms with van der Waals surface area (Å²) in [6.45, 7) is 8.77. The predicted octanol–water partition coefficient (Wildman–Crippen LogP) is 17.4. The van der Waals surface area contributed by atoms with Gasteiger partial charge in [-0.1, -0.05) is 188 Å². The Morgan fingerprint density at radius 2 is 0.732 bits per heavy atom. The van der Waals surface area contributed by atoms with Crippen molar-refractivity contribution in [1.82, 2.24) is 39.0 Å². The molecule has 0 amide bonds. The van der Waals surface area contributed by atoms with E-state index in [0.717, 1.165) is 78.0 Å². The second kappa shape index (κ2) is 19.8. The number of nitriles is 1. The Kier molecular flexibility index (Phi) is 11.8. The zero-order chi connectivity index (χ0) is 55.5. The third kappa shape index (κ3) is 8.54. The number of nitrogens with zero attached hydrogens (tertiary/aromatic N) is 10. The molecule has 4 heterocycles. The van der Waals surface area contributed by atoms with Gasteiger partial charge >= 0.3 is 6.18 Å². The fraction of sp³-hybridized carbons (Fsp3) is 0.0145. The number of rotatable bonds is 9. The molecule has 10 aromatic carbocycles. The maximum Gasteiger partial charge on any atom is 0.416 e. The maximum absolute atomic E-state index is 14.3. The van der Waals surface area contributed by atoms with Crippen LogP contribution in [-0.4, -0.2) is 39.0 Å². The van der Waals surface area contributed by atoms with Crippen molar-refractivity contribution in [1.29, 1.82) is 5.26 Å². The molecule has 0 aliphatic carbocycles. The molecule has 0 saturated heterocycles. The minimum absolute atomic E-state index is 0.114. The van der Waals surface area contributed by atoms with Gasteiger partial charge in [0.25, 0.3) is 0 Å². The van der Waals surface area contributed by atoms with Gasteiger partial charge in [0.15, 0.2) is 40.6 Å². The smallest absolute Gasteiger partial charge is 0.308 e. The summed E-state index contributed by atoms with van der Waals surface area (Å²) in [5, 5.41) is 14.2. The van der Waals surface area contributed by atoms with Gasteiger partial charge in [0.1, 0.15) is 0 Å². The highest BCUT2D eigenvalue weighted by Gasteiger charge is 2.32. The zero-order valence-corrected chi connectivity index (χ0v) is 43.1. The van der Waals surface area contributed by atoms with E-state index in [0.29, 0.717) is 57.4 Å². The van der Waals surface area contributed by atoms with Crippen LogP contribution in [-0.2, 0) is 6.18 Å². The average molecular weight is 1070 g/mol. The van der Waals surface area contributed by atoms with Gasteiger partial charge in [-0.2, -0.15) is 18.4 Å². The average Bonchev–Trinajstić information content (AvgIpc) is 2.49. The number of para-hydroxylation sites is 2. The van der Waals surface area contributed by atoms with Crippen LogP contribution in [0.15, 0.2) is 237 Å².